The molecule has 19 heavy (non-hydrogen) atoms. The third-order valence-electron chi connectivity index (χ3n) is 3.07. The molecule has 102 valence electrons. The van der Waals surface area contributed by atoms with Crippen LogP contribution in [0.2, 0.25) is 5.02 Å². The van der Waals surface area contributed by atoms with Gasteiger partial charge in [-0.05, 0) is 19.1 Å². The maximum atomic E-state index is 13.8. The van der Waals surface area contributed by atoms with E-state index in [2.05, 4.69) is 10.4 Å². The fourth-order valence-corrected chi connectivity index (χ4v) is 2.29. The van der Waals surface area contributed by atoms with Gasteiger partial charge in [0, 0.05) is 35.9 Å². The highest BCUT2D eigenvalue weighted by Crippen LogP contribution is 2.24. The summed E-state index contributed by atoms with van der Waals surface area (Å²) in [4.78, 5) is 4.27. The summed E-state index contributed by atoms with van der Waals surface area (Å²) in [6.45, 7) is 2.79. The van der Waals surface area contributed by atoms with Crippen LogP contribution >= 0.6 is 11.6 Å². The van der Waals surface area contributed by atoms with Crippen molar-refractivity contribution in [3.63, 3.8) is 0 Å². The van der Waals surface area contributed by atoms with Gasteiger partial charge in [-0.2, -0.15) is 0 Å². The quantitative estimate of drug-likeness (QED) is 0.654. The monoisotopic (exact) mass is 282 g/mol. The van der Waals surface area contributed by atoms with Crippen LogP contribution in [-0.2, 0) is 13.0 Å². The molecule has 0 aliphatic heterocycles. The number of hydrazine groups is 1. The average molecular weight is 283 g/mol. The van der Waals surface area contributed by atoms with Crippen molar-refractivity contribution in [2.45, 2.75) is 25.9 Å². The van der Waals surface area contributed by atoms with Crippen molar-refractivity contribution < 1.29 is 4.39 Å². The molecule has 1 heterocycles. The lowest BCUT2D eigenvalue weighted by Crippen LogP contribution is -2.32. The van der Waals surface area contributed by atoms with E-state index in [9.17, 15) is 4.39 Å². The van der Waals surface area contributed by atoms with Crippen molar-refractivity contribution in [2.75, 3.05) is 0 Å². The number of aromatic nitrogens is 2. The van der Waals surface area contributed by atoms with E-state index in [4.69, 9.17) is 17.4 Å². The van der Waals surface area contributed by atoms with Gasteiger partial charge in [0.05, 0.1) is 6.04 Å². The summed E-state index contributed by atoms with van der Waals surface area (Å²) < 4.78 is 15.7. The Kier molecular flexibility index (Phi) is 4.52. The molecule has 0 saturated heterocycles. The summed E-state index contributed by atoms with van der Waals surface area (Å²) in [5.74, 6) is 6.00. The zero-order valence-corrected chi connectivity index (χ0v) is 11.4. The molecule has 1 unspecified atom stereocenters. The molecule has 0 aliphatic carbocycles. The SMILES string of the molecule is CCn1ccnc1C(Cc1c(F)cccc1Cl)NN. The highest BCUT2D eigenvalue weighted by Gasteiger charge is 2.19. The van der Waals surface area contributed by atoms with Crippen molar-refractivity contribution in [1.29, 1.82) is 0 Å². The molecule has 6 heteroatoms. The third-order valence-corrected chi connectivity index (χ3v) is 3.43. The van der Waals surface area contributed by atoms with Gasteiger partial charge < -0.3 is 4.57 Å². The summed E-state index contributed by atoms with van der Waals surface area (Å²) in [6.07, 6.45) is 3.91. The van der Waals surface area contributed by atoms with Crippen LogP contribution < -0.4 is 11.3 Å². The number of nitrogens with zero attached hydrogens (tertiary/aromatic N) is 2. The summed E-state index contributed by atoms with van der Waals surface area (Å²) >= 11 is 6.03. The normalized spacial score (nSPS) is 12.6. The predicted molar refractivity (Wildman–Crippen MR) is 73.1 cm³/mol. The third kappa shape index (κ3) is 2.94. The van der Waals surface area contributed by atoms with Gasteiger partial charge in [-0.25, -0.2) is 14.8 Å². The van der Waals surface area contributed by atoms with Gasteiger partial charge in [-0.1, -0.05) is 17.7 Å². The highest BCUT2D eigenvalue weighted by atomic mass is 35.5. The van der Waals surface area contributed by atoms with Gasteiger partial charge in [0.1, 0.15) is 11.6 Å². The van der Waals surface area contributed by atoms with Gasteiger partial charge >= 0.3 is 0 Å². The smallest absolute Gasteiger partial charge is 0.127 e. The van der Waals surface area contributed by atoms with E-state index in [1.165, 1.54) is 6.07 Å². The van der Waals surface area contributed by atoms with E-state index in [0.29, 0.717) is 17.0 Å². The van der Waals surface area contributed by atoms with E-state index in [1.807, 2.05) is 17.7 Å². The number of aryl methyl sites for hydroxylation is 1. The van der Waals surface area contributed by atoms with Crippen LogP contribution in [0, 0.1) is 5.82 Å². The second kappa shape index (κ2) is 6.14. The molecule has 0 radical (unpaired) electrons. The maximum Gasteiger partial charge on any atom is 0.127 e. The lowest BCUT2D eigenvalue weighted by Gasteiger charge is -2.17. The minimum Gasteiger partial charge on any atom is -0.334 e. The molecule has 0 spiro atoms. The van der Waals surface area contributed by atoms with Crippen LogP contribution in [0.15, 0.2) is 30.6 Å². The number of nitrogens with one attached hydrogen (secondary N) is 1. The van der Waals surface area contributed by atoms with Crippen molar-refractivity contribution in [3.8, 4) is 0 Å². The second-order valence-electron chi connectivity index (χ2n) is 4.20. The van der Waals surface area contributed by atoms with Crippen LogP contribution in [0.25, 0.3) is 0 Å². The van der Waals surface area contributed by atoms with Crippen LogP contribution in [0.3, 0.4) is 0 Å². The molecular weight excluding hydrogens is 267 g/mol. The number of hydrogen-bond donors (Lipinski definition) is 2. The summed E-state index contributed by atoms with van der Waals surface area (Å²) in [5.41, 5.74) is 3.12. The Hall–Kier alpha value is -1.43. The van der Waals surface area contributed by atoms with Gasteiger partial charge in [0.2, 0.25) is 0 Å². The number of benzene rings is 1. The number of imidazole rings is 1. The summed E-state index contributed by atoms with van der Waals surface area (Å²) in [5, 5.41) is 0.398. The molecular formula is C13H16ClFN4. The van der Waals surface area contributed by atoms with Gasteiger partial charge in [0.25, 0.3) is 0 Å². The Morgan fingerprint density at radius 2 is 2.32 bits per heavy atom. The molecule has 0 fully saturated rings. The molecule has 1 atom stereocenters. The molecule has 0 amide bonds. The minimum atomic E-state index is -0.331. The largest absolute Gasteiger partial charge is 0.334 e. The summed E-state index contributed by atoms with van der Waals surface area (Å²) in [7, 11) is 0. The molecule has 2 rings (SSSR count). The van der Waals surface area contributed by atoms with Crippen LogP contribution in [0.5, 0.6) is 0 Å². The summed E-state index contributed by atoms with van der Waals surface area (Å²) in [6, 6.07) is 4.35. The topological polar surface area (TPSA) is 55.9 Å². The van der Waals surface area contributed by atoms with Crippen LogP contribution in [0.1, 0.15) is 24.4 Å². The number of hydrogen-bond acceptors (Lipinski definition) is 3. The van der Waals surface area contributed by atoms with Crippen molar-refractivity contribution in [3.05, 3.63) is 52.8 Å². The van der Waals surface area contributed by atoms with Crippen LogP contribution in [0.4, 0.5) is 4.39 Å². The number of rotatable bonds is 5. The van der Waals surface area contributed by atoms with E-state index >= 15 is 0 Å². The molecule has 0 bridgehead atoms. The first-order valence-electron chi connectivity index (χ1n) is 6.07. The maximum absolute atomic E-state index is 13.8. The average Bonchev–Trinajstić information content (AvgIpc) is 2.87. The van der Waals surface area contributed by atoms with Crippen molar-refractivity contribution in [2.24, 2.45) is 5.84 Å². The predicted octanol–water partition coefficient (Wildman–Crippen LogP) is 2.44. The van der Waals surface area contributed by atoms with Crippen LogP contribution in [-0.4, -0.2) is 9.55 Å². The molecule has 0 aliphatic rings. The van der Waals surface area contributed by atoms with E-state index in [0.717, 1.165) is 12.4 Å². The highest BCUT2D eigenvalue weighted by molar-refractivity contribution is 6.31. The van der Waals surface area contributed by atoms with E-state index in [-0.39, 0.29) is 11.9 Å². The molecule has 1 aromatic heterocycles. The van der Waals surface area contributed by atoms with Crippen molar-refractivity contribution in [1.82, 2.24) is 15.0 Å². The van der Waals surface area contributed by atoms with E-state index in [1.54, 1.807) is 18.3 Å². The Labute approximate surface area is 116 Å². The molecule has 0 saturated carbocycles. The molecule has 2 aromatic rings. The minimum absolute atomic E-state index is 0.288. The standard InChI is InChI=1S/C13H16ClFN4/c1-2-19-7-6-17-13(19)12(18-16)8-9-10(14)4-3-5-11(9)15/h3-7,12,18H,2,8,16H2,1H3. The van der Waals surface area contributed by atoms with Gasteiger partial charge in [-0.3, -0.25) is 5.84 Å². The number of nitrogens with two attached hydrogens (primary N) is 1. The first kappa shape index (κ1) is 14.0. The lowest BCUT2D eigenvalue weighted by molar-refractivity contribution is 0.485. The van der Waals surface area contributed by atoms with Crippen molar-refractivity contribution >= 4 is 11.6 Å². The van der Waals surface area contributed by atoms with E-state index < -0.39 is 0 Å². The van der Waals surface area contributed by atoms with Gasteiger partial charge in [-0.15, -0.1) is 0 Å². The Morgan fingerprint density at radius 3 is 2.95 bits per heavy atom. The zero-order valence-electron chi connectivity index (χ0n) is 10.6. The Balaban J connectivity index is 2.29. The first-order chi connectivity index (χ1) is 9.17. The number of halogens is 2. The fourth-order valence-electron chi connectivity index (χ4n) is 2.05. The fraction of sp³-hybridized carbons (Fsp3) is 0.308. The first-order valence-corrected chi connectivity index (χ1v) is 6.45. The molecule has 3 N–H and O–H groups in total. The molecule has 4 nitrogen and oxygen atoms in total. The van der Waals surface area contributed by atoms with Gasteiger partial charge in [0.15, 0.2) is 0 Å². The Morgan fingerprint density at radius 1 is 1.53 bits per heavy atom. The zero-order chi connectivity index (χ0) is 13.8. The second-order valence-corrected chi connectivity index (χ2v) is 4.60. The Bertz CT molecular complexity index is 535. The molecule has 1 aromatic carbocycles. The lowest BCUT2D eigenvalue weighted by atomic mass is 10.0.